The quantitative estimate of drug-likeness (QED) is 0.800. The first-order valence-electron chi connectivity index (χ1n) is 8.39. The van der Waals surface area contributed by atoms with Crippen LogP contribution in [0, 0.1) is 17.2 Å². The van der Waals surface area contributed by atoms with E-state index < -0.39 is 17.8 Å². The predicted molar refractivity (Wildman–Crippen MR) is 99.5 cm³/mol. The van der Waals surface area contributed by atoms with Crippen molar-refractivity contribution in [3.8, 4) is 11.8 Å². The number of esters is 1. The van der Waals surface area contributed by atoms with Crippen LogP contribution >= 0.6 is 11.6 Å². The summed E-state index contributed by atoms with van der Waals surface area (Å²) in [5.74, 6) is -0.688. The van der Waals surface area contributed by atoms with Gasteiger partial charge in [0.2, 0.25) is 0 Å². The molecule has 0 unspecified atom stereocenters. The Bertz CT molecular complexity index is 890. The van der Waals surface area contributed by atoms with E-state index >= 15 is 0 Å². The maximum absolute atomic E-state index is 12.2. The van der Waals surface area contributed by atoms with E-state index in [4.69, 9.17) is 26.3 Å². The van der Waals surface area contributed by atoms with Crippen molar-refractivity contribution in [1.82, 2.24) is 0 Å². The summed E-state index contributed by atoms with van der Waals surface area (Å²) in [5, 5.41) is 11.9. The Morgan fingerprint density at radius 3 is 2.78 bits per heavy atom. The second kappa shape index (κ2) is 8.56. The molecule has 0 radical (unpaired) electrons. The monoisotopic (exact) mass is 384 g/mol. The normalized spacial score (nSPS) is 15.0. The number of nitrogens with zero attached hydrogens (tertiary/aromatic N) is 1. The number of fused-ring (bicyclic) bond motifs is 1. The zero-order valence-electron chi connectivity index (χ0n) is 14.4. The highest BCUT2D eigenvalue weighted by atomic mass is 35.5. The summed E-state index contributed by atoms with van der Waals surface area (Å²) in [7, 11) is 0. The Kier molecular flexibility index (Phi) is 5.94. The highest BCUT2D eigenvalue weighted by molar-refractivity contribution is 6.30. The van der Waals surface area contributed by atoms with Crippen LogP contribution in [0.1, 0.15) is 11.1 Å². The molecular formula is C20H17ClN2O4. The summed E-state index contributed by atoms with van der Waals surface area (Å²) in [6, 6.07) is 14.2. The highest BCUT2D eigenvalue weighted by Gasteiger charge is 2.28. The minimum absolute atomic E-state index is 0.204. The summed E-state index contributed by atoms with van der Waals surface area (Å²) in [6.07, 6.45) is 0.764. The van der Waals surface area contributed by atoms with Crippen LogP contribution in [0.25, 0.3) is 0 Å². The molecule has 138 valence electrons. The van der Waals surface area contributed by atoms with Crippen LogP contribution in [0.2, 0.25) is 5.02 Å². The Labute approximate surface area is 161 Å². The van der Waals surface area contributed by atoms with Crippen LogP contribution in [-0.2, 0) is 27.2 Å². The fourth-order valence-electron chi connectivity index (χ4n) is 2.76. The van der Waals surface area contributed by atoms with E-state index in [9.17, 15) is 9.59 Å². The molecule has 1 N–H and O–H groups in total. The molecule has 3 rings (SSSR count). The van der Waals surface area contributed by atoms with Gasteiger partial charge in [-0.1, -0.05) is 23.7 Å². The minimum atomic E-state index is -0.486. The van der Waals surface area contributed by atoms with Gasteiger partial charge in [0.1, 0.15) is 12.4 Å². The SMILES string of the molecule is N#CCc1ccc(NC(=O)COC(=O)[C@H]2COc3ccc(Cl)cc3C2)cc1. The number of ether oxygens (including phenoxy) is 2. The fraction of sp³-hybridized carbons (Fsp3) is 0.250. The van der Waals surface area contributed by atoms with Gasteiger partial charge in [-0.05, 0) is 47.9 Å². The van der Waals surface area contributed by atoms with Gasteiger partial charge in [0, 0.05) is 10.7 Å². The van der Waals surface area contributed by atoms with Crippen molar-refractivity contribution in [3.63, 3.8) is 0 Å². The molecule has 1 heterocycles. The number of halogens is 1. The first kappa shape index (κ1) is 18.7. The standard InChI is InChI=1S/C20H17ClN2O4/c21-16-3-6-18-14(10-16)9-15(11-26-18)20(25)27-12-19(24)23-17-4-1-13(2-5-17)7-8-22/h1-6,10,15H,7,9,11-12H2,(H,23,24)/t15-/m1/s1. The summed E-state index contributed by atoms with van der Waals surface area (Å²) >= 11 is 5.97. The first-order chi connectivity index (χ1) is 13.0. The van der Waals surface area contributed by atoms with Gasteiger partial charge < -0.3 is 14.8 Å². The van der Waals surface area contributed by atoms with Gasteiger partial charge in [0.25, 0.3) is 5.91 Å². The molecule has 7 heteroatoms. The van der Waals surface area contributed by atoms with Crippen molar-refractivity contribution in [1.29, 1.82) is 5.26 Å². The molecule has 0 saturated carbocycles. The molecule has 0 aromatic heterocycles. The smallest absolute Gasteiger partial charge is 0.313 e. The average molecular weight is 385 g/mol. The van der Waals surface area contributed by atoms with E-state index in [1.54, 1.807) is 42.5 Å². The fourth-order valence-corrected chi connectivity index (χ4v) is 2.96. The van der Waals surface area contributed by atoms with Crippen molar-refractivity contribution < 1.29 is 19.1 Å². The number of nitrogens with one attached hydrogen (secondary N) is 1. The molecule has 2 aromatic rings. The lowest BCUT2D eigenvalue weighted by atomic mass is 9.97. The van der Waals surface area contributed by atoms with Crippen molar-refractivity contribution >= 4 is 29.2 Å². The Balaban J connectivity index is 1.49. The molecule has 1 amide bonds. The second-order valence-corrected chi connectivity index (χ2v) is 6.59. The Hall–Kier alpha value is -3.04. The van der Waals surface area contributed by atoms with Crippen LogP contribution < -0.4 is 10.1 Å². The average Bonchev–Trinajstić information content (AvgIpc) is 2.67. The largest absolute Gasteiger partial charge is 0.492 e. The molecule has 0 fully saturated rings. The molecule has 2 aromatic carbocycles. The molecule has 1 aliphatic rings. The summed E-state index contributed by atoms with van der Waals surface area (Å²) in [5.41, 5.74) is 2.28. The third-order valence-corrected chi connectivity index (χ3v) is 4.36. The number of hydrogen-bond donors (Lipinski definition) is 1. The number of hydrogen-bond acceptors (Lipinski definition) is 5. The summed E-state index contributed by atoms with van der Waals surface area (Å²) < 4.78 is 10.7. The summed E-state index contributed by atoms with van der Waals surface area (Å²) in [6.45, 7) is -0.173. The van der Waals surface area contributed by atoms with Crippen molar-refractivity contribution in [2.24, 2.45) is 5.92 Å². The zero-order chi connectivity index (χ0) is 19.2. The van der Waals surface area contributed by atoms with Crippen LogP contribution in [0.5, 0.6) is 5.75 Å². The minimum Gasteiger partial charge on any atom is -0.492 e. The number of carbonyl (C=O) groups is 2. The van der Waals surface area contributed by atoms with Gasteiger partial charge in [-0.15, -0.1) is 0 Å². The van der Waals surface area contributed by atoms with Gasteiger partial charge in [-0.3, -0.25) is 9.59 Å². The van der Waals surface area contributed by atoms with Crippen molar-refractivity contribution in [3.05, 3.63) is 58.6 Å². The molecule has 1 aliphatic heterocycles. The molecule has 27 heavy (non-hydrogen) atoms. The Morgan fingerprint density at radius 2 is 2.04 bits per heavy atom. The number of rotatable bonds is 5. The van der Waals surface area contributed by atoms with Crippen LogP contribution in [-0.4, -0.2) is 25.1 Å². The van der Waals surface area contributed by atoms with Gasteiger partial charge in [-0.25, -0.2) is 0 Å². The maximum Gasteiger partial charge on any atom is 0.313 e. The summed E-state index contributed by atoms with van der Waals surface area (Å²) in [4.78, 5) is 24.2. The molecule has 0 spiro atoms. The van der Waals surface area contributed by atoms with Gasteiger partial charge >= 0.3 is 5.97 Å². The van der Waals surface area contributed by atoms with E-state index in [-0.39, 0.29) is 13.2 Å². The van der Waals surface area contributed by atoms with E-state index in [0.29, 0.717) is 29.3 Å². The van der Waals surface area contributed by atoms with Crippen LogP contribution in [0.15, 0.2) is 42.5 Å². The molecular weight excluding hydrogens is 368 g/mol. The zero-order valence-corrected chi connectivity index (χ0v) is 15.2. The second-order valence-electron chi connectivity index (χ2n) is 6.15. The van der Waals surface area contributed by atoms with Crippen LogP contribution in [0.3, 0.4) is 0 Å². The lowest BCUT2D eigenvalue weighted by Crippen LogP contribution is -2.31. The third kappa shape index (κ3) is 4.99. The van der Waals surface area contributed by atoms with E-state index in [2.05, 4.69) is 11.4 Å². The topological polar surface area (TPSA) is 88.4 Å². The predicted octanol–water partition coefficient (Wildman–Crippen LogP) is 3.14. The van der Waals surface area contributed by atoms with Gasteiger partial charge in [-0.2, -0.15) is 5.26 Å². The number of nitriles is 1. The molecule has 6 nitrogen and oxygen atoms in total. The van der Waals surface area contributed by atoms with E-state index in [0.717, 1.165) is 11.1 Å². The van der Waals surface area contributed by atoms with Crippen molar-refractivity contribution in [2.75, 3.05) is 18.5 Å². The van der Waals surface area contributed by atoms with Crippen molar-refractivity contribution in [2.45, 2.75) is 12.8 Å². The molecule has 0 aliphatic carbocycles. The number of benzene rings is 2. The third-order valence-electron chi connectivity index (χ3n) is 4.13. The lowest BCUT2D eigenvalue weighted by Gasteiger charge is -2.24. The molecule has 0 bridgehead atoms. The Morgan fingerprint density at radius 1 is 1.26 bits per heavy atom. The van der Waals surface area contributed by atoms with E-state index in [1.165, 1.54) is 0 Å². The van der Waals surface area contributed by atoms with Gasteiger partial charge in [0.05, 0.1) is 18.4 Å². The van der Waals surface area contributed by atoms with Gasteiger partial charge in [0.15, 0.2) is 6.61 Å². The highest BCUT2D eigenvalue weighted by Crippen LogP contribution is 2.30. The number of amides is 1. The first-order valence-corrected chi connectivity index (χ1v) is 8.76. The maximum atomic E-state index is 12.2. The van der Waals surface area contributed by atoms with E-state index in [1.807, 2.05) is 0 Å². The number of carbonyl (C=O) groups excluding carboxylic acids is 2. The molecule has 1 atom stereocenters. The number of anilines is 1. The lowest BCUT2D eigenvalue weighted by molar-refractivity contribution is -0.152. The molecule has 0 saturated heterocycles. The van der Waals surface area contributed by atoms with Crippen LogP contribution in [0.4, 0.5) is 5.69 Å².